The standard InChI is InChI=1S/CH3.Mg.H3O4P/c;;1-5(2,3)4/h1H3;;(H3,1,2,3,4)/q-1;+2;. The Labute approximate surface area is 57.9 Å². The van der Waals surface area contributed by atoms with E-state index < -0.39 is 7.82 Å². The SMILES string of the molecule is O=P(O)(O)O.[CH3-].[Mg+2]. The Morgan fingerprint density at radius 2 is 1.14 bits per heavy atom. The molecular weight excluding hydrogens is 131 g/mol. The van der Waals surface area contributed by atoms with E-state index in [2.05, 4.69) is 0 Å². The molecule has 0 radical (unpaired) electrons. The van der Waals surface area contributed by atoms with Crippen molar-refractivity contribution in [3.8, 4) is 0 Å². The van der Waals surface area contributed by atoms with Crippen LogP contribution in [0, 0.1) is 7.43 Å². The third-order valence-electron chi connectivity index (χ3n) is 0. The van der Waals surface area contributed by atoms with E-state index in [4.69, 9.17) is 19.2 Å². The summed E-state index contributed by atoms with van der Waals surface area (Å²) in [6, 6.07) is 0. The maximum Gasteiger partial charge on any atom is 2.00 e. The predicted molar refractivity (Wildman–Crippen MR) is 26.4 cm³/mol. The smallest absolute Gasteiger partial charge is 0.358 e. The second-order valence-corrected chi connectivity index (χ2v) is 1.54. The molecule has 3 N–H and O–H groups in total. The van der Waals surface area contributed by atoms with Gasteiger partial charge in [-0.1, -0.05) is 0 Å². The van der Waals surface area contributed by atoms with Gasteiger partial charge in [-0.05, 0) is 0 Å². The van der Waals surface area contributed by atoms with Crippen LogP contribution >= 0.6 is 7.82 Å². The monoisotopic (exact) mass is 137 g/mol. The fourth-order valence-electron chi connectivity index (χ4n) is 0. The normalized spacial score (nSPS) is 8.43. The topological polar surface area (TPSA) is 77.8 Å². The molecule has 7 heavy (non-hydrogen) atoms. The maximum atomic E-state index is 8.88. The predicted octanol–water partition coefficient (Wildman–Crippen LogP) is -0.859. The van der Waals surface area contributed by atoms with Gasteiger partial charge in [0.05, 0.1) is 0 Å². The van der Waals surface area contributed by atoms with Crippen LogP contribution in [0.4, 0.5) is 0 Å². The van der Waals surface area contributed by atoms with Gasteiger partial charge in [-0.2, -0.15) is 0 Å². The van der Waals surface area contributed by atoms with Gasteiger partial charge in [0.1, 0.15) is 0 Å². The van der Waals surface area contributed by atoms with Crippen molar-refractivity contribution in [3.05, 3.63) is 7.43 Å². The molecule has 0 unspecified atom stereocenters. The molecule has 0 aliphatic carbocycles. The van der Waals surface area contributed by atoms with Crippen LogP contribution in [-0.2, 0) is 4.57 Å². The Morgan fingerprint density at radius 1 is 1.14 bits per heavy atom. The second kappa shape index (κ2) is 5.02. The molecule has 0 amide bonds. The van der Waals surface area contributed by atoms with Crippen molar-refractivity contribution < 1.29 is 19.2 Å². The van der Waals surface area contributed by atoms with E-state index in [1.165, 1.54) is 0 Å². The molecule has 4 nitrogen and oxygen atoms in total. The summed E-state index contributed by atoms with van der Waals surface area (Å²) in [5.41, 5.74) is 0. The minimum atomic E-state index is -4.64. The maximum absolute atomic E-state index is 8.88. The van der Waals surface area contributed by atoms with Gasteiger partial charge in [-0.3, -0.25) is 0 Å². The Morgan fingerprint density at radius 3 is 1.14 bits per heavy atom. The van der Waals surface area contributed by atoms with Gasteiger partial charge < -0.3 is 22.1 Å². The van der Waals surface area contributed by atoms with Crippen molar-refractivity contribution in [2.45, 2.75) is 0 Å². The van der Waals surface area contributed by atoms with Crippen LogP contribution in [0.15, 0.2) is 0 Å². The first kappa shape index (κ1) is 15.7. The van der Waals surface area contributed by atoms with Gasteiger partial charge >= 0.3 is 30.9 Å². The van der Waals surface area contributed by atoms with Crippen LogP contribution in [0.1, 0.15) is 0 Å². The molecular formula is CH6MgO4P+. The number of rotatable bonds is 0. The van der Waals surface area contributed by atoms with Crippen molar-refractivity contribution in [2.24, 2.45) is 0 Å². The molecule has 0 bridgehead atoms. The minimum absolute atomic E-state index is 0. The molecule has 0 aromatic carbocycles. The van der Waals surface area contributed by atoms with Crippen molar-refractivity contribution in [2.75, 3.05) is 0 Å². The fraction of sp³-hybridized carbons (Fsp3) is 0. The summed E-state index contributed by atoms with van der Waals surface area (Å²) in [6.45, 7) is 0. The average Bonchev–Trinajstić information content (AvgIpc) is 0.722. The average molecular weight is 137 g/mol. The van der Waals surface area contributed by atoms with E-state index >= 15 is 0 Å². The largest absolute Gasteiger partial charge is 2.00 e. The van der Waals surface area contributed by atoms with Crippen LogP contribution in [0.3, 0.4) is 0 Å². The van der Waals surface area contributed by atoms with Crippen LogP contribution in [-0.4, -0.2) is 37.7 Å². The third-order valence-corrected chi connectivity index (χ3v) is 0. The Hall–Kier alpha value is 0.876. The molecule has 0 fully saturated rings. The molecule has 0 aliphatic rings. The molecule has 0 heterocycles. The summed E-state index contributed by atoms with van der Waals surface area (Å²) in [5.74, 6) is 0. The first-order valence-electron chi connectivity index (χ1n) is 0.783. The molecule has 0 aromatic rings. The van der Waals surface area contributed by atoms with Crippen molar-refractivity contribution in [3.63, 3.8) is 0 Å². The van der Waals surface area contributed by atoms with Crippen LogP contribution in [0.5, 0.6) is 0 Å². The quantitative estimate of drug-likeness (QED) is 0.231. The Bertz CT molecular complexity index is 57.8. The van der Waals surface area contributed by atoms with Gasteiger partial charge in [0.25, 0.3) is 0 Å². The zero-order chi connectivity index (χ0) is 4.50. The van der Waals surface area contributed by atoms with E-state index in [0.717, 1.165) is 0 Å². The molecule has 0 aliphatic heterocycles. The molecule has 0 saturated heterocycles. The summed E-state index contributed by atoms with van der Waals surface area (Å²) in [5, 5.41) is 0. The summed E-state index contributed by atoms with van der Waals surface area (Å²) in [4.78, 5) is 21.6. The molecule has 0 atom stereocenters. The van der Waals surface area contributed by atoms with E-state index in [9.17, 15) is 0 Å². The summed E-state index contributed by atoms with van der Waals surface area (Å²) in [7, 11) is -4.64. The third kappa shape index (κ3) is 213. The van der Waals surface area contributed by atoms with Crippen LogP contribution in [0.25, 0.3) is 0 Å². The fourth-order valence-corrected chi connectivity index (χ4v) is 0. The Kier molecular flexibility index (Phi) is 11.2. The van der Waals surface area contributed by atoms with Crippen LogP contribution < -0.4 is 0 Å². The zero-order valence-corrected chi connectivity index (χ0v) is 6.21. The molecule has 0 aromatic heterocycles. The summed E-state index contributed by atoms with van der Waals surface area (Å²) < 4.78 is 8.88. The number of phosphoric acid groups is 1. The molecule has 40 valence electrons. The summed E-state index contributed by atoms with van der Waals surface area (Å²) in [6.07, 6.45) is 0. The van der Waals surface area contributed by atoms with E-state index in [1.54, 1.807) is 0 Å². The number of hydrogen-bond acceptors (Lipinski definition) is 1. The summed E-state index contributed by atoms with van der Waals surface area (Å²) >= 11 is 0. The van der Waals surface area contributed by atoms with E-state index in [1.807, 2.05) is 0 Å². The number of hydrogen-bond donors (Lipinski definition) is 3. The van der Waals surface area contributed by atoms with Gasteiger partial charge in [0, 0.05) is 0 Å². The van der Waals surface area contributed by atoms with Gasteiger partial charge in [0.2, 0.25) is 0 Å². The zero-order valence-electron chi connectivity index (χ0n) is 3.90. The van der Waals surface area contributed by atoms with Gasteiger partial charge in [0.15, 0.2) is 0 Å². The van der Waals surface area contributed by atoms with Crippen molar-refractivity contribution in [1.82, 2.24) is 0 Å². The molecule has 0 saturated carbocycles. The van der Waals surface area contributed by atoms with Gasteiger partial charge in [-0.25, -0.2) is 4.57 Å². The molecule has 6 heteroatoms. The van der Waals surface area contributed by atoms with Gasteiger partial charge in [-0.15, -0.1) is 0 Å². The van der Waals surface area contributed by atoms with E-state index in [-0.39, 0.29) is 30.5 Å². The van der Waals surface area contributed by atoms with Crippen molar-refractivity contribution in [1.29, 1.82) is 0 Å². The van der Waals surface area contributed by atoms with Crippen molar-refractivity contribution >= 4 is 30.9 Å². The van der Waals surface area contributed by atoms with Crippen LogP contribution in [0.2, 0.25) is 0 Å². The first-order chi connectivity index (χ1) is 2.00. The molecule has 0 spiro atoms. The second-order valence-electron chi connectivity index (χ2n) is 0.513. The first-order valence-corrected chi connectivity index (χ1v) is 2.35. The molecule has 0 rings (SSSR count). The Balaban J connectivity index is -0.0000000800. The van der Waals surface area contributed by atoms with E-state index in [0.29, 0.717) is 0 Å². The minimum Gasteiger partial charge on any atom is -0.358 e.